The van der Waals surface area contributed by atoms with Gasteiger partial charge < -0.3 is 15.4 Å². The molecule has 0 aliphatic rings. The largest absolute Gasteiger partial charge is 0.364 e. The molecular formula is C27H30N4O5. The number of rotatable bonds is 10. The number of anilines is 3. The third-order valence-electron chi connectivity index (χ3n) is 4.86. The van der Waals surface area contributed by atoms with E-state index in [0.717, 1.165) is 10.6 Å². The smallest absolute Gasteiger partial charge is 0.255 e. The summed E-state index contributed by atoms with van der Waals surface area (Å²) >= 11 is 0. The number of para-hydroxylation sites is 2. The number of nitrogens with zero attached hydrogens (tertiary/aromatic N) is 2. The minimum atomic E-state index is -0.680. The number of carbonyl (C=O) groups excluding carboxylic acids is 3. The fourth-order valence-corrected chi connectivity index (χ4v) is 3.12. The average Bonchev–Trinajstić information content (AvgIpc) is 2.86. The molecule has 0 saturated heterocycles. The monoisotopic (exact) mass is 490 g/mol. The van der Waals surface area contributed by atoms with Crippen molar-refractivity contribution >= 4 is 35.3 Å². The molecule has 3 rings (SSSR count). The molecule has 2 N–H and O–H groups in total. The van der Waals surface area contributed by atoms with E-state index >= 15 is 0 Å². The molecule has 2 aromatic carbocycles. The second-order valence-electron chi connectivity index (χ2n) is 8.99. The number of nitrogens with one attached hydrogen (secondary N) is 2. The first-order valence-electron chi connectivity index (χ1n) is 11.4. The summed E-state index contributed by atoms with van der Waals surface area (Å²) < 4.78 is 5.61. The van der Waals surface area contributed by atoms with Crippen molar-refractivity contribution in [3.05, 3.63) is 84.2 Å². The second-order valence-corrected chi connectivity index (χ2v) is 8.99. The van der Waals surface area contributed by atoms with Crippen LogP contribution in [-0.4, -0.2) is 34.9 Å². The lowest BCUT2D eigenvalue weighted by Gasteiger charge is -2.28. The summed E-state index contributed by atoms with van der Waals surface area (Å²) in [4.78, 5) is 46.6. The summed E-state index contributed by atoms with van der Waals surface area (Å²) in [5.41, 5.74) is 1.98. The fourth-order valence-electron chi connectivity index (χ4n) is 3.12. The number of hydrogen-bond donors (Lipinski definition) is 2. The molecule has 0 radical (unpaired) electrons. The van der Waals surface area contributed by atoms with Gasteiger partial charge in [-0.25, -0.2) is 0 Å². The molecule has 0 saturated carbocycles. The topological polar surface area (TPSA) is 110 Å². The standard InChI is InChI=1S/C27H30N4O5/c1-19(35-17-20-8-7-15-28-16-20)25(33)29-22-13-11-21(12-14-22)26(34)30-23-9-5-6-10-24(23)31(18-32)36-27(2,3)4/h5-16,18-19H,17H2,1-4H3,(H,29,33)(H,30,34). The first-order chi connectivity index (χ1) is 17.2. The molecule has 0 fully saturated rings. The normalized spacial score (nSPS) is 11.9. The number of aromatic nitrogens is 1. The van der Waals surface area contributed by atoms with Gasteiger partial charge in [0.15, 0.2) is 0 Å². The van der Waals surface area contributed by atoms with E-state index in [1.807, 2.05) is 26.8 Å². The summed E-state index contributed by atoms with van der Waals surface area (Å²) in [7, 11) is 0. The molecule has 3 amide bonds. The van der Waals surface area contributed by atoms with Gasteiger partial charge in [0, 0.05) is 23.6 Å². The summed E-state index contributed by atoms with van der Waals surface area (Å²) in [6.07, 6.45) is 3.22. The minimum absolute atomic E-state index is 0.269. The van der Waals surface area contributed by atoms with Crippen LogP contribution in [0.2, 0.25) is 0 Å². The number of pyridine rings is 1. The minimum Gasteiger partial charge on any atom is -0.364 e. The van der Waals surface area contributed by atoms with E-state index in [-0.39, 0.29) is 18.4 Å². The Hall–Kier alpha value is -4.08. The first-order valence-corrected chi connectivity index (χ1v) is 11.4. The van der Waals surface area contributed by atoms with Crippen LogP contribution in [0.3, 0.4) is 0 Å². The van der Waals surface area contributed by atoms with Crippen molar-refractivity contribution in [2.75, 3.05) is 15.7 Å². The van der Waals surface area contributed by atoms with Gasteiger partial charge in [0.05, 0.1) is 23.6 Å². The Labute approximate surface area is 210 Å². The lowest BCUT2D eigenvalue weighted by atomic mass is 10.1. The quantitative estimate of drug-likeness (QED) is 0.318. The maximum Gasteiger partial charge on any atom is 0.255 e. The van der Waals surface area contributed by atoms with E-state index in [0.29, 0.717) is 29.0 Å². The first kappa shape index (κ1) is 26.5. The Morgan fingerprint density at radius 3 is 2.39 bits per heavy atom. The molecule has 0 aliphatic heterocycles. The summed E-state index contributed by atoms with van der Waals surface area (Å²) in [6.45, 7) is 7.39. The van der Waals surface area contributed by atoms with E-state index in [2.05, 4.69) is 15.6 Å². The molecule has 9 nitrogen and oxygen atoms in total. The van der Waals surface area contributed by atoms with Gasteiger partial charge in [-0.15, -0.1) is 0 Å². The number of amides is 3. The molecule has 0 bridgehead atoms. The molecule has 1 unspecified atom stereocenters. The molecule has 1 aromatic heterocycles. The molecule has 1 atom stereocenters. The Balaban J connectivity index is 1.61. The van der Waals surface area contributed by atoms with Gasteiger partial charge in [-0.3, -0.25) is 24.2 Å². The van der Waals surface area contributed by atoms with Gasteiger partial charge in [-0.05, 0) is 75.7 Å². The molecule has 9 heteroatoms. The summed E-state index contributed by atoms with van der Waals surface area (Å²) in [6, 6.07) is 17.0. The van der Waals surface area contributed by atoms with Crippen LogP contribution in [0.15, 0.2) is 73.1 Å². The maximum atomic E-state index is 12.9. The van der Waals surface area contributed by atoms with Crippen molar-refractivity contribution in [2.45, 2.75) is 46.0 Å². The highest BCUT2D eigenvalue weighted by Crippen LogP contribution is 2.28. The second kappa shape index (κ2) is 12.1. The van der Waals surface area contributed by atoms with Crippen LogP contribution < -0.4 is 15.7 Å². The zero-order chi connectivity index (χ0) is 26.1. The van der Waals surface area contributed by atoms with Crippen LogP contribution in [0.4, 0.5) is 17.1 Å². The molecule has 3 aromatic rings. The fraction of sp³-hybridized carbons (Fsp3) is 0.259. The van der Waals surface area contributed by atoms with Crippen LogP contribution in [-0.2, 0) is 25.8 Å². The van der Waals surface area contributed by atoms with Gasteiger partial charge in [0.1, 0.15) is 6.10 Å². The number of hydroxylamine groups is 1. The predicted octanol–water partition coefficient (Wildman–Crippen LogP) is 4.57. The van der Waals surface area contributed by atoms with Crippen LogP contribution >= 0.6 is 0 Å². The molecule has 0 spiro atoms. The van der Waals surface area contributed by atoms with E-state index in [1.54, 1.807) is 73.9 Å². The Kier molecular flexibility index (Phi) is 8.88. The third-order valence-corrected chi connectivity index (χ3v) is 4.86. The number of ether oxygens (including phenoxy) is 1. The Morgan fingerprint density at radius 1 is 1.03 bits per heavy atom. The van der Waals surface area contributed by atoms with Crippen molar-refractivity contribution in [1.29, 1.82) is 0 Å². The number of carbonyl (C=O) groups is 3. The summed E-state index contributed by atoms with van der Waals surface area (Å²) in [5, 5.41) is 6.67. The van der Waals surface area contributed by atoms with Crippen LogP contribution in [0.5, 0.6) is 0 Å². The van der Waals surface area contributed by atoms with Crippen LogP contribution in [0.1, 0.15) is 43.6 Å². The van der Waals surface area contributed by atoms with Gasteiger partial charge in [0.25, 0.3) is 11.8 Å². The predicted molar refractivity (Wildman–Crippen MR) is 137 cm³/mol. The summed E-state index contributed by atoms with van der Waals surface area (Å²) in [5.74, 6) is -0.687. The molecule has 1 heterocycles. The lowest BCUT2D eigenvalue weighted by Crippen LogP contribution is -2.33. The highest BCUT2D eigenvalue weighted by molar-refractivity contribution is 6.06. The van der Waals surface area contributed by atoms with Gasteiger partial charge in [-0.2, -0.15) is 5.06 Å². The number of benzene rings is 2. The van der Waals surface area contributed by atoms with Crippen molar-refractivity contribution in [3.8, 4) is 0 Å². The van der Waals surface area contributed by atoms with Crippen molar-refractivity contribution in [3.63, 3.8) is 0 Å². The lowest BCUT2D eigenvalue weighted by molar-refractivity contribution is -0.127. The molecule has 0 aliphatic carbocycles. The molecular weight excluding hydrogens is 460 g/mol. The van der Waals surface area contributed by atoms with Gasteiger partial charge in [0.2, 0.25) is 6.41 Å². The van der Waals surface area contributed by atoms with Crippen molar-refractivity contribution in [2.24, 2.45) is 0 Å². The van der Waals surface area contributed by atoms with Crippen LogP contribution in [0, 0.1) is 0 Å². The van der Waals surface area contributed by atoms with E-state index in [4.69, 9.17) is 9.57 Å². The highest BCUT2D eigenvalue weighted by atomic mass is 16.7. The average molecular weight is 491 g/mol. The third kappa shape index (κ3) is 7.72. The number of hydrogen-bond acceptors (Lipinski definition) is 6. The van der Waals surface area contributed by atoms with E-state index in [9.17, 15) is 14.4 Å². The highest BCUT2D eigenvalue weighted by Gasteiger charge is 2.21. The zero-order valence-electron chi connectivity index (χ0n) is 20.7. The van der Waals surface area contributed by atoms with Gasteiger partial charge in [-0.1, -0.05) is 18.2 Å². The van der Waals surface area contributed by atoms with Crippen molar-refractivity contribution < 1.29 is 24.0 Å². The van der Waals surface area contributed by atoms with Crippen molar-refractivity contribution in [1.82, 2.24) is 4.98 Å². The zero-order valence-corrected chi connectivity index (χ0v) is 20.7. The van der Waals surface area contributed by atoms with Gasteiger partial charge >= 0.3 is 0 Å². The van der Waals surface area contributed by atoms with E-state index < -0.39 is 11.7 Å². The Bertz CT molecular complexity index is 1180. The molecule has 36 heavy (non-hydrogen) atoms. The van der Waals surface area contributed by atoms with E-state index in [1.165, 1.54) is 0 Å². The SMILES string of the molecule is CC(OCc1cccnc1)C(=O)Nc1ccc(C(=O)Nc2ccccc2N(C=O)OC(C)(C)C)cc1. The molecule has 188 valence electrons. The maximum absolute atomic E-state index is 12.9. The Morgan fingerprint density at radius 2 is 1.75 bits per heavy atom. The van der Waals surface area contributed by atoms with Crippen LogP contribution in [0.25, 0.3) is 0 Å².